The topological polar surface area (TPSA) is 42.0 Å². The van der Waals surface area contributed by atoms with E-state index in [0.29, 0.717) is 5.92 Å². The normalized spacial score (nSPS) is 20.9. The van der Waals surface area contributed by atoms with Gasteiger partial charge in [0.2, 0.25) is 5.91 Å². The largest absolute Gasteiger partial charge is 0.302 e. The number of amides is 1. The summed E-state index contributed by atoms with van der Waals surface area (Å²) in [5.74, 6) is 1.10. The van der Waals surface area contributed by atoms with E-state index < -0.39 is 0 Å². The van der Waals surface area contributed by atoms with Crippen LogP contribution in [0.15, 0.2) is 5.38 Å². The highest BCUT2D eigenvalue weighted by atomic mass is 32.1. The standard InChI is InChI=1S/C10H12N2OS/c13-9(7-3-4-7)12-10-11-8(5-14-10)6-1-2-6/h5-7H,1-4H2,(H,11,12,13). The molecule has 2 saturated carbocycles. The van der Waals surface area contributed by atoms with Crippen molar-refractivity contribution in [2.75, 3.05) is 5.32 Å². The van der Waals surface area contributed by atoms with Crippen LogP contribution in [-0.4, -0.2) is 10.9 Å². The summed E-state index contributed by atoms with van der Waals surface area (Å²) in [5.41, 5.74) is 1.17. The van der Waals surface area contributed by atoms with Crippen molar-refractivity contribution in [3.63, 3.8) is 0 Å². The maximum absolute atomic E-state index is 11.4. The molecule has 3 rings (SSSR count). The second-order valence-corrected chi connectivity index (χ2v) is 4.97. The van der Waals surface area contributed by atoms with Crippen LogP contribution in [0.4, 0.5) is 5.13 Å². The van der Waals surface area contributed by atoms with Crippen LogP contribution in [0.1, 0.15) is 37.3 Å². The van der Waals surface area contributed by atoms with Crippen molar-refractivity contribution in [2.45, 2.75) is 31.6 Å². The molecule has 0 saturated heterocycles. The lowest BCUT2D eigenvalue weighted by Crippen LogP contribution is -2.12. The van der Waals surface area contributed by atoms with E-state index in [0.717, 1.165) is 18.0 Å². The van der Waals surface area contributed by atoms with Crippen LogP contribution in [0.3, 0.4) is 0 Å². The molecule has 0 unspecified atom stereocenters. The third-order valence-electron chi connectivity index (χ3n) is 2.70. The van der Waals surface area contributed by atoms with Gasteiger partial charge < -0.3 is 5.32 Å². The molecule has 0 aliphatic heterocycles. The summed E-state index contributed by atoms with van der Waals surface area (Å²) < 4.78 is 0. The quantitative estimate of drug-likeness (QED) is 0.828. The second kappa shape index (κ2) is 3.05. The molecule has 14 heavy (non-hydrogen) atoms. The molecule has 3 nitrogen and oxygen atoms in total. The Labute approximate surface area is 86.5 Å². The molecule has 0 aromatic carbocycles. The first-order chi connectivity index (χ1) is 6.83. The zero-order valence-corrected chi connectivity index (χ0v) is 8.64. The summed E-state index contributed by atoms with van der Waals surface area (Å²) in [6, 6.07) is 0. The Hall–Kier alpha value is -0.900. The van der Waals surface area contributed by atoms with Gasteiger partial charge in [-0.1, -0.05) is 0 Å². The average Bonchev–Trinajstić information content (AvgIpc) is 3.06. The molecule has 2 fully saturated rings. The van der Waals surface area contributed by atoms with Gasteiger partial charge in [0.05, 0.1) is 5.69 Å². The van der Waals surface area contributed by atoms with E-state index >= 15 is 0 Å². The zero-order valence-electron chi connectivity index (χ0n) is 7.82. The number of rotatable bonds is 3. The Morgan fingerprint density at radius 3 is 2.86 bits per heavy atom. The number of nitrogens with one attached hydrogen (secondary N) is 1. The predicted molar refractivity (Wildman–Crippen MR) is 55.4 cm³/mol. The van der Waals surface area contributed by atoms with E-state index in [4.69, 9.17) is 0 Å². The minimum atomic E-state index is 0.154. The summed E-state index contributed by atoms with van der Waals surface area (Å²) in [7, 11) is 0. The summed E-state index contributed by atoms with van der Waals surface area (Å²) in [6.07, 6.45) is 4.62. The van der Waals surface area contributed by atoms with E-state index in [9.17, 15) is 4.79 Å². The SMILES string of the molecule is O=C(Nc1nc(C2CC2)cs1)C1CC1. The van der Waals surface area contributed by atoms with Gasteiger partial charge >= 0.3 is 0 Å². The molecular formula is C10H12N2OS. The highest BCUT2D eigenvalue weighted by Gasteiger charge is 2.31. The third-order valence-corrected chi connectivity index (χ3v) is 3.47. The Balaban J connectivity index is 1.66. The van der Waals surface area contributed by atoms with E-state index in [2.05, 4.69) is 15.7 Å². The zero-order chi connectivity index (χ0) is 9.54. The fourth-order valence-corrected chi connectivity index (χ4v) is 2.26. The molecule has 74 valence electrons. The smallest absolute Gasteiger partial charge is 0.229 e. The molecule has 1 aromatic heterocycles. The Bertz CT molecular complexity index is 366. The molecule has 1 amide bonds. The molecule has 0 atom stereocenters. The minimum absolute atomic E-state index is 0.154. The predicted octanol–water partition coefficient (Wildman–Crippen LogP) is 2.37. The lowest BCUT2D eigenvalue weighted by molar-refractivity contribution is -0.117. The first kappa shape index (κ1) is 8.41. The van der Waals surface area contributed by atoms with Gasteiger partial charge in [-0.3, -0.25) is 4.79 Å². The Morgan fingerprint density at radius 2 is 2.21 bits per heavy atom. The second-order valence-electron chi connectivity index (χ2n) is 4.12. The van der Waals surface area contributed by atoms with E-state index in [1.165, 1.54) is 18.5 Å². The highest BCUT2D eigenvalue weighted by molar-refractivity contribution is 7.13. The maximum atomic E-state index is 11.4. The number of hydrogen-bond acceptors (Lipinski definition) is 3. The lowest BCUT2D eigenvalue weighted by Gasteiger charge is -1.97. The van der Waals surface area contributed by atoms with E-state index in [1.54, 1.807) is 11.3 Å². The summed E-state index contributed by atoms with van der Waals surface area (Å²) in [5, 5.41) is 5.73. The average molecular weight is 208 g/mol. The molecule has 2 aliphatic carbocycles. The minimum Gasteiger partial charge on any atom is -0.302 e. The summed E-state index contributed by atoms with van der Waals surface area (Å²) in [6.45, 7) is 0. The van der Waals surface area contributed by atoms with Crippen LogP contribution in [0.5, 0.6) is 0 Å². The van der Waals surface area contributed by atoms with Crippen LogP contribution in [0.2, 0.25) is 0 Å². The number of hydrogen-bond donors (Lipinski definition) is 1. The van der Waals surface area contributed by atoms with Crippen LogP contribution >= 0.6 is 11.3 Å². The van der Waals surface area contributed by atoms with Crippen molar-refractivity contribution >= 4 is 22.4 Å². The van der Waals surface area contributed by atoms with Gasteiger partial charge in [0.25, 0.3) is 0 Å². The molecule has 2 aliphatic rings. The van der Waals surface area contributed by atoms with Crippen LogP contribution in [-0.2, 0) is 4.79 Å². The van der Waals surface area contributed by atoms with Crippen LogP contribution in [0, 0.1) is 5.92 Å². The number of anilines is 1. The van der Waals surface area contributed by atoms with Crippen molar-refractivity contribution in [3.8, 4) is 0 Å². The molecule has 1 N–H and O–H groups in total. The monoisotopic (exact) mass is 208 g/mol. The van der Waals surface area contributed by atoms with Gasteiger partial charge in [-0.05, 0) is 25.7 Å². The Kier molecular flexibility index (Phi) is 1.83. The first-order valence-electron chi connectivity index (χ1n) is 5.09. The molecule has 4 heteroatoms. The van der Waals surface area contributed by atoms with Crippen molar-refractivity contribution in [1.82, 2.24) is 4.98 Å². The number of carbonyl (C=O) groups excluding carboxylic acids is 1. The van der Waals surface area contributed by atoms with Crippen molar-refractivity contribution in [2.24, 2.45) is 5.92 Å². The van der Waals surface area contributed by atoms with Crippen molar-refractivity contribution in [3.05, 3.63) is 11.1 Å². The molecule has 0 radical (unpaired) electrons. The van der Waals surface area contributed by atoms with Crippen LogP contribution < -0.4 is 5.32 Å². The lowest BCUT2D eigenvalue weighted by atomic mass is 10.3. The third kappa shape index (κ3) is 1.66. The van der Waals surface area contributed by atoms with Crippen LogP contribution in [0.25, 0.3) is 0 Å². The van der Waals surface area contributed by atoms with Gasteiger partial charge in [0.1, 0.15) is 0 Å². The molecular weight excluding hydrogens is 196 g/mol. The first-order valence-corrected chi connectivity index (χ1v) is 5.97. The van der Waals surface area contributed by atoms with Gasteiger partial charge in [-0.25, -0.2) is 4.98 Å². The highest BCUT2D eigenvalue weighted by Crippen LogP contribution is 2.41. The van der Waals surface area contributed by atoms with Gasteiger partial charge in [-0.2, -0.15) is 0 Å². The molecule has 1 aromatic rings. The molecule has 0 bridgehead atoms. The molecule has 1 heterocycles. The summed E-state index contributed by atoms with van der Waals surface area (Å²) >= 11 is 1.55. The van der Waals surface area contributed by atoms with E-state index in [-0.39, 0.29) is 11.8 Å². The van der Waals surface area contributed by atoms with Gasteiger partial charge in [0.15, 0.2) is 5.13 Å². The van der Waals surface area contributed by atoms with Gasteiger partial charge in [0, 0.05) is 17.2 Å². The Morgan fingerprint density at radius 1 is 1.43 bits per heavy atom. The fourth-order valence-electron chi connectivity index (χ4n) is 1.46. The number of nitrogens with zero attached hydrogens (tertiary/aromatic N) is 1. The van der Waals surface area contributed by atoms with E-state index in [1.807, 2.05) is 0 Å². The van der Waals surface area contributed by atoms with Gasteiger partial charge in [-0.15, -0.1) is 11.3 Å². The maximum Gasteiger partial charge on any atom is 0.229 e. The number of aromatic nitrogens is 1. The summed E-state index contributed by atoms with van der Waals surface area (Å²) in [4.78, 5) is 15.8. The number of carbonyl (C=O) groups is 1. The van der Waals surface area contributed by atoms with Crippen molar-refractivity contribution in [1.29, 1.82) is 0 Å². The molecule has 0 spiro atoms. The number of thiazole rings is 1. The fraction of sp³-hybridized carbons (Fsp3) is 0.600. The van der Waals surface area contributed by atoms with Crippen molar-refractivity contribution < 1.29 is 4.79 Å².